The van der Waals surface area contributed by atoms with Crippen LogP contribution in [0.3, 0.4) is 0 Å². The minimum Gasteiger partial charge on any atom is -0.484 e. The molecule has 1 N–H and O–H groups in total. The van der Waals surface area contributed by atoms with Gasteiger partial charge in [0.05, 0.1) is 4.90 Å². The van der Waals surface area contributed by atoms with Gasteiger partial charge in [0.1, 0.15) is 11.6 Å². The second-order valence-electron chi connectivity index (χ2n) is 6.91. The van der Waals surface area contributed by atoms with Gasteiger partial charge in [-0.3, -0.25) is 4.79 Å². The summed E-state index contributed by atoms with van der Waals surface area (Å²) in [6.07, 6.45) is 0. The highest BCUT2D eigenvalue weighted by atomic mass is 32.2. The van der Waals surface area contributed by atoms with E-state index in [1.807, 2.05) is 30.3 Å². The second-order valence-corrected chi connectivity index (χ2v) is 8.68. The van der Waals surface area contributed by atoms with Crippen LogP contribution in [0, 0.1) is 5.82 Å². The second kappa shape index (κ2) is 10.2. The Bertz CT molecular complexity index is 1120. The van der Waals surface area contributed by atoms with Crippen molar-refractivity contribution in [3.05, 3.63) is 95.8 Å². The molecule has 3 aromatic carbocycles. The Labute approximate surface area is 181 Å². The third-order valence-corrected chi connectivity index (χ3v) is 6.01. The van der Waals surface area contributed by atoms with Gasteiger partial charge in [0.15, 0.2) is 6.61 Å². The third-order valence-electron chi connectivity index (χ3n) is 4.60. The Kier molecular flexibility index (Phi) is 7.38. The predicted molar refractivity (Wildman–Crippen MR) is 115 cm³/mol. The molecule has 8 heteroatoms. The van der Waals surface area contributed by atoms with Gasteiger partial charge in [0.2, 0.25) is 10.0 Å². The van der Waals surface area contributed by atoms with Crippen LogP contribution in [0.4, 0.5) is 4.39 Å². The summed E-state index contributed by atoms with van der Waals surface area (Å²) in [5.41, 5.74) is 1.26. The lowest BCUT2D eigenvalue weighted by Crippen LogP contribution is -2.31. The molecule has 0 aliphatic rings. The fourth-order valence-corrected chi connectivity index (χ4v) is 3.82. The molecule has 0 bridgehead atoms. The fourth-order valence-electron chi connectivity index (χ4n) is 2.80. The van der Waals surface area contributed by atoms with Crippen LogP contribution in [0.2, 0.25) is 0 Å². The van der Waals surface area contributed by atoms with Crippen molar-refractivity contribution in [2.45, 2.75) is 18.0 Å². The number of carbonyl (C=O) groups excluding carboxylic acids is 1. The fraction of sp³-hybridized carbons (Fsp3) is 0.174. The summed E-state index contributed by atoms with van der Waals surface area (Å²) < 4.78 is 46.6. The maximum Gasteiger partial charge on any atom is 0.260 e. The monoisotopic (exact) mass is 442 g/mol. The van der Waals surface area contributed by atoms with Crippen LogP contribution in [0.25, 0.3) is 0 Å². The van der Waals surface area contributed by atoms with Gasteiger partial charge in [0, 0.05) is 25.7 Å². The Morgan fingerprint density at radius 2 is 1.61 bits per heavy atom. The van der Waals surface area contributed by atoms with E-state index in [9.17, 15) is 17.6 Å². The molecule has 0 radical (unpaired) electrons. The summed E-state index contributed by atoms with van der Waals surface area (Å²) in [6, 6.07) is 21.3. The number of likely N-dealkylation sites (N-methyl/N-ethyl adjacent to an activating group) is 1. The number of nitrogens with one attached hydrogen (secondary N) is 1. The molecule has 0 fully saturated rings. The van der Waals surface area contributed by atoms with E-state index in [1.54, 1.807) is 25.2 Å². The van der Waals surface area contributed by atoms with Gasteiger partial charge in [0.25, 0.3) is 5.91 Å². The smallest absolute Gasteiger partial charge is 0.260 e. The van der Waals surface area contributed by atoms with Gasteiger partial charge in [-0.05, 0) is 35.9 Å². The number of hydrogen-bond acceptors (Lipinski definition) is 4. The standard InChI is InChI=1S/C23H23FN2O4S/c1-26(16-19-9-5-6-10-22(19)24)23(27)17-30-20-11-13-21(14-12-20)31(28,29)25-15-18-7-3-2-4-8-18/h2-14,25H,15-17H2,1H3. The number of halogens is 1. The number of rotatable bonds is 9. The third kappa shape index (κ3) is 6.37. The van der Waals surface area contributed by atoms with E-state index in [0.717, 1.165) is 5.56 Å². The summed E-state index contributed by atoms with van der Waals surface area (Å²) >= 11 is 0. The maximum absolute atomic E-state index is 13.7. The van der Waals surface area contributed by atoms with Gasteiger partial charge < -0.3 is 9.64 Å². The molecule has 162 valence electrons. The first kappa shape index (κ1) is 22.5. The van der Waals surface area contributed by atoms with E-state index >= 15 is 0 Å². The zero-order valence-corrected chi connectivity index (χ0v) is 17.8. The summed E-state index contributed by atoms with van der Waals surface area (Å²) in [6.45, 7) is 0.0622. The molecular formula is C23H23FN2O4S. The van der Waals surface area contributed by atoms with Crippen molar-refractivity contribution in [1.82, 2.24) is 9.62 Å². The lowest BCUT2D eigenvalue weighted by Gasteiger charge is -2.18. The Balaban J connectivity index is 1.52. The molecule has 0 aromatic heterocycles. The lowest BCUT2D eigenvalue weighted by molar-refractivity contribution is -0.132. The van der Waals surface area contributed by atoms with Crippen LogP contribution in [0.1, 0.15) is 11.1 Å². The van der Waals surface area contributed by atoms with Crippen molar-refractivity contribution >= 4 is 15.9 Å². The predicted octanol–water partition coefficient (Wildman–Crippen LogP) is 3.34. The number of hydrogen-bond donors (Lipinski definition) is 1. The van der Waals surface area contributed by atoms with E-state index in [2.05, 4.69) is 4.72 Å². The first-order chi connectivity index (χ1) is 14.8. The first-order valence-corrected chi connectivity index (χ1v) is 11.1. The minimum absolute atomic E-state index is 0.0961. The van der Waals surface area contributed by atoms with E-state index in [4.69, 9.17) is 4.74 Å². The van der Waals surface area contributed by atoms with Crippen LogP contribution < -0.4 is 9.46 Å². The van der Waals surface area contributed by atoms with Gasteiger partial charge in [-0.2, -0.15) is 0 Å². The summed E-state index contributed by atoms with van der Waals surface area (Å²) in [5.74, 6) is -0.347. The van der Waals surface area contributed by atoms with E-state index in [0.29, 0.717) is 11.3 Å². The van der Waals surface area contributed by atoms with E-state index < -0.39 is 10.0 Å². The molecular weight excluding hydrogens is 419 g/mol. The maximum atomic E-state index is 13.7. The first-order valence-electron chi connectivity index (χ1n) is 9.59. The number of amides is 1. The number of benzene rings is 3. The van der Waals surface area contributed by atoms with Gasteiger partial charge in [-0.1, -0.05) is 48.5 Å². The quantitative estimate of drug-likeness (QED) is 0.552. The molecule has 0 atom stereocenters. The number of sulfonamides is 1. The average molecular weight is 443 g/mol. The molecule has 0 aliphatic carbocycles. The molecule has 3 aromatic rings. The number of ether oxygens (including phenoxy) is 1. The SMILES string of the molecule is CN(Cc1ccccc1F)C(=O)COc1ccc(S(=O)(=O)NCc2ccccc2)cc1. The Morgan fingerprint density at radius 3 is 2.29 bits per heavy atom. The molecule has 31 heavy (non-hydrogen) atoms. The Hall–Kier alpha value is -3.23. The highest BCUT2D eigenvalue weighted by Crippen LogP contribution is 2.17. The zero-order chi connectivity index (χ0) is 22.3. The summed E-state index contributed by atoms with van der Waals surface area (Å²) in [7, 11) is -2.11. The molecule has 0 saturated heterocycles. The number of carbonyl (C=O) groups is 1. The van der Waals surface area contributed by atoms with Crippen LogP contribution in [0.5, 0.6) is 5.75 Å². The summed E-state index contributed by atoms with van der Waals surface area (Å²) in [4.78, 5) is 13.7. The van der Waals surface area contributed by atoms with Crippen molar-refractivity contribution in [3.8, 4) is 5.75 Å². The zero-order valence-electron chi connectivity index (χ0n) is 17.0. The van der Waals surface area contributed by atoms with Gasteiger partial charge in [-0.25, -0.2) is 17.5 Å². The summed E-state index contributed by atoms with van der Waals surface area (Å²) in [5, 5.41) is 0. The molecule has 3 rings (SSSR count). The van der Waals surface area contributed by atoms with E-state index in [-0.39, 0.29) is 36.3 Å². The van der Waals surface area contributed by atoms with Crippen molar-refractivity contribution in [1.29, 1.82) is 0 Å². The molecule has 0 aliphatic heterocycles. The number of nitrogens with zero attached hydrogens (tertiary/aromatic N) is 1. The average Bonchev–Trinajstić information content (AvgIpc) is 2.78. The molecule has 0 unspecified atom stereocenters. The van der Waals surface area contributed by atoms with Gasteiger partial charge >= 0.3 is 0 Å². The molecule has 6 nitrogen and oxygen atoms in total. The highest BCUT2D eigenvalue weighted by Gasteiger charge is 2.15. The highest BCUT2D eigenvalue weighted by molar-refractivity contribution is 7.89. The molecule has 0 spiro atoms. The molecule has 1 amide bonds. The minimum atomic E-state index is -3.67. The lowest BCUT2D eigenvalue weighted by atomic mass is 10.2. The van der Waals surface area contributed by atoms with E-state index in [1.165, 1.54) is 35.2 Å². The van der Waals surface area contributed by atoms with Crippen molar-refractivity contribution in [2.75, 3.05) is 13.7 Å². The van der Waals surface area contributed by atoms with Crippen molar-refractivity contribution < 1.29 is 22.3 Å². The van der Waals surface area contributed by atoms with Gasteiger partial charge in [-0.15, -0.1) is 0 Å². The largest absolute Gasteiger partial charge is 0.484 e. The van der Waals surface area contributed by atoms with Crippen LogP contribution in [0.15, 0.2) is 83.8 Å². The normalized spacial score (nSPS) is 11.2. The Morgan fingerprint density at radius 1 is 0.968 bits per heavy atom. The topological polar surface area (TPSA) is 75.7 Å². The van der Waals surface area contributed by atoms with Crippen molar-refractivity contribution in [3.63, 3.8) is 0 Å². The van der Waals surface area contributed by atoms with Crippen LogP contribution in [-0.4, -0.2) is 32.9 Å². The van der Waals surface area contributed by atoms with Crippen molar-refractivity contribution in [2.24, 2.45) is 0 Å². The van der Waals surface area contributed by atoms with Crippen LogP contribution >= 0.6 is 0 Å². The molecule has 0 saturated carbocycles. The molecule has 0 heterocycles. The van der Waals surface area contributed by atoms with Crippen LogP contribution in [-0.2, 0) is 27.9 Å².